The molecule has 2 aromatic rings. The SMILES string of the molecule is COC[C@H](C)Oc1cc(Oc2ccc3c(c2)OCCNS3(O)O)cc(C(=O)O)c1. The molecule has 0 bridgehead atoms. The molecule has 29 heavy (non-hydrogen) atoms. The molecule has 1 atom stereocenters. The zero-order valence-corrected chi connectivity index (χ0v) is 16.8. The highest BCUT2D eigenvalue weighted by Crippen LogP contribution is 2.51. The zero-order chi connectivity index (χ0) is 21.0. The fourth-order valence-electron chi connectivity index (χ4n) is 2.78. The Kier molecular flexibility index (Phi) is 6.50. The number of ether oxygens (including phenoxy) is 4. The van der Waals surface area contributed by atoms with E-state index in [1.54, 1.807) is 26.2 Å². The Hall–Kier alpha value is -2.50. The lowest BCUT2D eigenvalue weighted by atomic mass is 10.2. The number of carbonyl (C=O) groups is 1. The predicted molar refractivity (Wildman–Crippen MR) is 106 cm³/mol. The number of hydrogen-bond acceptors (Lipinski definition) is 8. The highest BCUT2D eigenvalue weighted by Gasteiger charge is 2.24. The van der Waals surface area contributed by atoms with Gasteiger partial charge < -0.3 is 24.1 Å². The van der Waals surface area contributed by atoms with Crippen LogP contribution in [0.15, 0.2) is 41.3 Å². The summed E-state index contributed by atoms with van der Waals surface area (Å²) in [4.78, 5) is 11.7. The second-order valence-corrected chi connectivity index (χ2v) is 8.21. The quantitative estimate of drug-likeness (QED) is 0.526. The molecule has 0 saturated heterocycles. The summed E-state index contributed by atoms with van der Waals surface area (Å²) < 4.78 is 45.0. The molecule has 2 aromatic carbocycles. The number of rotatable bonds is 7. The average molecular weight is 425 g/mol. The number of fused-ring (bicyclic) bond motifs is 1. The summed E-state index contributed by atoms with van der Waals surface area (Å²) in [6.45, 7) is 2.69. The molecule has 1 aliphatic heterocycles. The van der Waals surface area contributed by atoms with Crippen LogP contribution in [0.5, 0.6) is 23.0 Å². The maximum absolute atomic E-state index is 11.5. The molecule has 0 fully saturated rings. The molecule has 4 N–H and O–H groups in total. The van der Waals surface area contributed by atoms with E-state index in [9.17, 15) is 19.0 Å². The first-order valence-corrected chi connectivity index (χ1v) is 10.3. The van der Waals surface area contributed by atoms with Crippen LogP contribution >= 0.6 is 10.8 Å². The molecule has 1 heterocycles. The first-order valence-electron chi connectivity index (χ1n) is 8.80. The lowest BCUT2D eigenvalue weighted by Gasteiger charge is -2.31. The molecule has 158 valence electrons. The maximum Gasteiger partial charge on any atom is 0.335 e. The van der Waals surface area contributed by atoms with Gasteiger partial charge >= 0.3 is 5.97 Å². The van der Waals surface area contributed by atoms with Crippen molar-refractivity contribution >= 4 is 16.7 Å². The molecule has 9 nitrogen and oxygen atoms in total. The molecule has 0 aromatic heterocycles. The van der Waals surface area contributed by atoms with Crippen molar-refractivity contribution in [3.63, 3.8) is 0 Å². The molecule has 0 spiro atoms. The fraction of sp³-hybridized carbons (Fsp3) is 0.316. The molecule has 0 saturated carbocycles. The van der Waals surface area contributed by atoms with E-state index in [0.29, 0.717) is 18.1 Å². The van der Waals surface area contributed by atoms with Gasteiger partial charge in [0.15, 0.2) is 0 Å². The van der Waals surface area contributed by atoms with Crippen LogP contribution in [-0.4, -0.2) is 53.2 Å². The lowest BCUT2D eigenvalue weighted by Crippen LogP contribution is -2.21. The third kappa shape index (κ3) is 5.31. The van der Waals surface area contributed by atoms with E-state index in [-0.39, 0.29) is 41.2 Å². The molecular weight excluding hydrogens is 402 g/mol. The predicted octanol–water partition coefficient (Wildman–Crippen LogP) is 3.60. The van der Waals surface area contributed by atoms with Crippen molar-refractivity contribution in [2.75, 3.05) is 26.9 Å². The van der Waals surface area contributed by atoms with Crippen LogP contribution in [0.3, 0.4) is 0 Å². The first kappa shape index (κ1) is 21.2. The molecule has 0 amide bonds. The number of methoxy groups -OCH3 is 1. The zero-order valence-electron chi connectivity index (χ0n) is 16.0. The van der Waals surface area contributed by atoms with Crippen molar-refractivity contribution in [3.8, 4) is 23.0 Å². The van der Waals surface area contributed by atoms with Crippen molar-refractivity contribution in [1.29, 1.82) is 0 Å². The van der Waals surface area contributed by atoms with Crippen LogP contribution in [0.4, 0.5) is 0 Å². The van der Waals surface area contributed by atoms with Crippen LogP contribution in [0.2, 0.25) is 0 Å². The van der Waals surface area contributed by atoms with E-state index in [2.05, 4.69) is 4.72 Å². The number of carboxylic acid groups (broad SMARTS) is 1. The molecule has 0 unspecified atom stereocenters. The number of hydrogen-bond donors (Lipinski definition) is 4. The monoisotopic (exact) mass is 425 g/mol. The second-order valence-electron chi connectivity index (χ2n) is 6.38. The van der Waals surface area contributed by atoms with Gasteiger partial charge in [-0.2, -0.15) is 0 Å². The third-order valence-corrected chi connectivity index (χ3v) is 5.54. The van der Waals surface area contributed by atoms with Crippen molar-refractivity contribution < 1.29 is 38.0 Å². The smallest absolute Gasteiger partial charge is 0.335 e. The largest absolute Gasteiger partial charge is 0.490 e. The van der Waals surface area contributed by atoms with Gasteiger partial charge in [0.05, 0.1) is 12.2 Å². The average Bonchev–Trinajstić information content (AvgIpc) is 2.79. The van der Waals surface area contributed by atoms with Gasteiger partial charge in [0.2, 0.25) is 0 Å². The molecule has 1 aliphatic rings. The van der Waals surface area contributed by atoms with E-state index in [0.717, 1.165) is 0 Å². The van der Waals surface area contributed by atoms with Gasteiger partial charge in [-0.15, -0.1) is 10.8 Å². The number of aromatic carboxylic acids is 1. The Morgan fingerprint density at radius 1 is 1.21 bits per heavy atom. The second kappa shape index (κ2) is 8.89. The number of benzene rings is 2. The minimum Gasteiger partial charge on any atom is -0.490 e. The standard InChI is InChI=1S/C19H23NO8S/c1-12(11-25-2)27-15-7-13(19(21)22)8-16(9-15)28-14-3-4-18-17(10-14)26-6-5-20-29(18,23)24/h3-4,7-10,12,20,23-24H,5-6,11H2,1-2H3,(H,21,22)/t12-/m0/s1. The van der Waals surface area contributed by atoms with Crippen molar-refractivity contribution in [2.45, 2.75) is 17.9 Å². The summed E-state index contributed by atoms with van der Waals surface area (Å²) in [5.41, 5.74) is 0.00602. The van der Waals surface area contributed by atoms with Gasteiger partial charge in [-0.1, -0.05) is 0 Å². The van der Waals surface area contributed by atoms with E-state index in [1.165, 1.54) is 24.3 Å². The summed E-state index contributed by atoms with van der Waals surface area (Å²) >= 11 is 0. The van der Waals surface area contributed by atoms with Crippen LogP contribution in [-0.2, 0) is 4.74 Å². The highest BCUT2D eigenvalue weighted by molar-refractivity contribution is 8.22. The summed E-state index contributed by atoms with van der Waals surface area (Å²) in [7, 11) is -1.60. The molecule has 3 rings (SSSR count). The van der Waals surface area contributed by atoms with Crippen LogP contribution < -0.4 is 18.9 Å². The Morgan fingerprint density at radius 3 is 2.69 bits per heavy atom. The molecular formula is C19H23NO8S. The molecule has 10 heteroatoms. The Morgan fingerprint density at radius 2 is 1.97 bits per heavy atom. The van der Waals surface area contributed by atoms with E-state index in [1.807, 2.05) is 0 Å². The van der Waals surface area contributed by atoms with Crippen molar-refractivity contribution in [2.24, 2.45) is 0 Å². The van der Waals surface area contributed by atoms with Crippen molar-refractivity contribution in [1.82, 2.24) is 4.72 Å². The van der Waals surface area contributed by atoms with Crippen LogP contribution in [0.25, 0.3) is 0 Å². The minimum atomic E-state index is -3.15. The van der Waals surface area contributed by atoms with E-state index in [4.69, 9.17) is 18.9 Å². The Labute approximate surface area is 169 Å². The summed E-state index contributed by atoms with van der Waals surface area (Å²) in [6, 6.07) is 8.92. The molecule has 0 radical (unpaired) electrons. The topological polar surface area (TPSA) is 127 Å². The summed E-state index contributed by atoms with van der Waals surface area (Å²) in [6.07, 6.45) is -0.282. The normalized spacial score (nSPS) is 17.2. The van der Waals surface area contributed by atoms with Crippen LogP contribution in [0.1, 0.15) is 17.3 Å². The van der Waals surface area contributed by atoms with E-state index >= 15 is 0 Å². The Balaban J connectivity index is 1.88. The highest BCUT2D eigenvalue weighted by atomic mass is 32.3. The Bertz CT molecular complexity index is 889. The summed E-state index contributed by atoms with van der Waals surface area (Å²) in [5, 5.41) is 9.37. The van der Waals surface area contributed by atoms with Crippen LogP contribution in [0, 0.1) is 0 Å². The molecule has 0 aliphatic carbocycles. The fourth-order valence-corrected chi connectivity index (χ4v) is 3.96. The van der Waals surface area contributed by atoms with Gasteiger partial charge in [0, 0.05) is 25.8 Å². The minimum absolute atomic E-state index is 0.00602. The maximum atomic E-state index is 11.5. The first-order chi connectivity index (χ1) is 13.8. The van der Waals surface area contributed by atoms with Gasteiger partial charge in [-0.25, -0.2) is 9.52 Å². The van der Waals surface area contributed by atoms with Crippen molar-refractivity contribution in [3.05, 3.63) is 42.0 Å². The lowest BCUT2D eigenvalue weighted by molar-refractivity contribution is 0.0693. The third-order valence-electron chi connectivity index (χ3n) is 3.99. The van der Waals surface area contributed by atoms with Gasteiger partial charge in [0.25, 0.3) is 0 Å². The van der Waals surface area contributed by atoms with E-state index < -0.39 is 16.7 Å². The number of nitrogens with one attached hydrogen (secondary N) is 1. The number of carboxylic acids is 1. The van der Waals surface area contributed by atoms with Gasteiger partial charge in [-0.3, -0.25) is 9.11 Å². The van der Waals surface area contributed by atoms with Gasteiger partial charge in [0.1, 0.15) is 40.6 Å². The van der Waals surface area contributed by atoms with Gasteiger partial charge in [-0.05, 0) is 31.2 Å². The summed E-state index contributed by atoms with van der Waals surface area (Å²) in [5.74, 6) is 0.0907.